The van der Waals surface area contributed by atoms with Gasteiger partial charge in [-0.1, -0.05) is 0 Å². The van der Waals surface area contributed by atoms with E-state index in [1.54, 1.807) is 19.1 Å². The maximum atomic E-state index is 12.7. The molecular weight excluding hydrogens is 307 g/mol. The largest absolute Gasteiger partial charge is 0.469 e. The molecule has 1 heterocycles. The number of rotatable bonds is 5. The van der Waals surface area contributed by atoms with Crippen LogP contribution in [0.4, 0.5) is 4.39 Å². The van der Waals surface area contributed by atoms with Gasteiger partial charge >= 0.3 is 0 Å². The van der Waals surface area contributed by atoms with Gasteiger partial charge in [0.25, 0.3) is 5.91 Å². The van der Waals surface area contributed by atoms with Crippen LogP contribution in [0.25, 0.3) is 0 Å². The summed E-state index contributed by atoms with van der Waals surface area (Å²) in [5, 5.41) is 0. The van der Waals surface area contributed by atoms with Crippen molar-refractivity contribution >= 4 is 23.6 Å². The van der Waals surface area contributed by atoms with Crippen LogP contribution >= 0.6 is 11.8 Å². The quantitative estimate of drug-likeness (QED) is 0.656. The van der Waals surface area contributed by atoms with Crippen LogP contribution in [0.5, 0.6) is 0 Å². The molecule has 1 aromatic carbocycles. The molecule has 5 nitrogen and oxygen atoms in total. The number of amides is 2. The zero-order chi connectivity index (χ0) is 15.9. The second-order valence-electron chi connectivity index (χ2n) is 4.45. The Balaban J connectivity index is 1.69. The molecule has 2 amide bonds. The molecule has 1 aromatic heterocycles. The Morgan fingerprint density at radius 3 is 2.55 bits per heavy atom. The Morgan fingerprint density at radius 2 is 1.91 bits per heavy atom. The van der Waals surface area contributed by atoms with Gasteiger partial charge in [0, 0.05) is 17.1 Å². The fraction of sp³-hybridized carbons (Fsp3) is 0.200. The lowest BCUT2D eigenvalue weighted by molar-refractivity contribution is -0.121. The molecule has 116 valence electrons. The Morgan fingerprint density at radius 1 is 1.18 bits per heavy atom. The van der Waals surface area contributed by atoms with Crippen LogP contribution in [-0.2, 0) is 4.79 Å². The number of hydrogen-bond donors (Lipinski definition) is 2. The molecular formula is C15H15FN2O3S. The fourth-order valence-corrected chi connectivity index (χ4v) is 2.52. The van der Waals surface area contributed by atoms with Crippen molar-refractivity contribution in [1.29, 1.82) is 0 Å². The number of benzene rings is 1. The number of hydrogen-bond acceptors (Lipinski definition) is 4. The van der Waals surface area contributed by atoms with E-state index in [0.717, 1.165) is 4.90 Å². The van der Waals surface area contributed by atoms with Gasteiger partial charge in [0.1, 0.15) is 11.6 Å². The van der Waals surface area contributed by atoms with Crippen molar-refractivity contribution in [3.8, 4) is 0 Å². The minimum absolute atomic E-state index is 0.229. The van der Waals surface area contributed by atoms with Gasteiger partial charge in [0.2, 0.25) is 5.91 Å². The summed E-state index contributed by atoms with van der Waals surface area (Å²) in [5.74, 6) is -0.00852. The highest BCUT2D eigenvalue weighted by atomic mass is 32.2. The summed E-state index contributed by atoms with van der Waals surface area (Å²) in [6, 6.07) is 7.58. The molecule has 0 spiro atoms. The van der Waals surface area contributed by atoms with Gasteiger partial charge in [0.15, 0.2) is 0 Å². The van der Waals surface area contributed by atoms with Gasteiger partial charge in [-0.05, 0) is 37.3 Å². The van der Waals surface area contributed by atoms with Crippen LogP contribution < -0.4 is 10.9 Å². The molecule has 2 N–H and O–H groups in total. The van der Waals surface area contributed by atoms with E-state index in [4.69, 9.17) is 4.42 Å². The molecule has 0 fully saturated rings. The summed E-state index contributed by atoms with van der Waals surface area (Å²) < 4.78 is 17.7. The van der Waals surface area contributed by atoms with E-state index in [0.29, 0.717) is 17.1 Å². The first-order valence-corrected chi connectivity index (χ1v) is 7.56. The average molecular weight is 322 g/mol. The molecule has 0 aliphatic carbocycles. The Labute approximate surface area is 131 Å². The third kappa shape index (κ3) is 4.63. The van der Waals surface area contributed by atoms with Crippen molar-refractivity contribution in [3.63, 3.8) is 0 Å². The highest BCUT2D eigenvalue weighted by Crippen LogP contribution is 2.18. The summed E-state index contributed by atoms with van der Waals surface area (Å²) in [7, 11) is 0. The van der Waals surface area contributed by atoms with Crippen molar-refractivity contribution in [2.24, 2.45) is 0 Å². The van der Waals surface area contributed by atoms with Crippen LogP contribution in [0.2, 0.25) is 0 Å². The zero-order valence-corrected chi connectivity index (χ0v) is 12.7. The van der Waals surface area contributed by atoms with Crippen molar-refractivity contribution in [3.05, 3.63) is 53.7 Å². The van der Waals surface area contributed by atoms with Crippen molar-refractivity contribution in [1.82, 2.24) is 10.9 Å². The van der Waals surface area contributed by atoms with Crippen LogP contribution in [0.3, 0.4) is 0 Å². The first-order chi connectivity index (χ1) is 10.6. The van der Waals surface area contributed by atoms with Gasteiger partial charge < -0.3 is 4.42 Å². The van der Waals surface area contributed by atoms with E-state index in [-0.39, 0.29) is 18.1 Å². The third-order valence-corrected chi connectivity index (χ3v) is 3.84. The van der Waals surface area contributed by atoms with Crippen LogP contribution in [0.1, 0.15) is 22.5 Å². The number of nitrogens with one attached hydrogen (secondary N) is 2. The zero-order valence-electron chi connectivity index (χ0n) is 11.9. The van der Waals surface area contributed by atoms with Gasteiger partial charge in [-0.15, -0.1) is 11.8 Å². The molecule has 0 unspecified atom stereocenters. The van der Waals surface area contributed by atoms with E-state index >= 15 is 0 Å². The van der Waals surface area contributed by atoms with Crippen LogP contribution in [-0.4, -0.2) is 17.6 Å². The first kappa shape index (κ1) is 16.1. The third-order valence-electron chi connectivity index (χ3n) is 2.83. The van der Waals surface area contributed by atoms with Crippen LogP contribution in [0, 0.1) is 12.7 Å². The number of aryl methyl sites for hydroxylation is 1. The van der Waals surface area contributed by atoms with E-state index in [2.05, 4.69) is 10.9 Å². The normalized spacial score (nSPS) is 10.3. The smallest absolute Gasteiger partial charge is 0.273 e. The lowest BCUT2D eigenvalue weighted by Crippen LogP contribution is -2.41. The van der Waals surface area contributed by atoms with Crippen molar-refractivity contribution < 1.29 is 18.4 Å². The molecule has 2 rings (SSSR count). The van der Waals surface area contributed by atoms with Gasteiger partial charge in [-0.3, -0.25) is 20.4 Å². The Hall–Kier alpha value is -2.28. The van der Waals surface area contributed by atoms with E-state index in [9.17, 15) is 14.0 Å². The molecule has 0 saturated heterocycles. The average Bonchev–Trinajstić information content (AvgIpc) is 2.93. The summed E-state index contributed by atoms with van der Waals surface area (Å²) >= 11 is 1.44. The summed E-state index contributed by atoms with van der Waals surface area (Å²) in [6.45, 7) is 1.66. The Kier molecular flexibility index (Phi) is 5.60. The lowest BCUT2D eigenvalue weighted by atomic mass is 10.2. The molecule has 0 bridgehead atoms. The number of carbonyl (C=O) groups excluding carboxylic acids is 2. The topological polar surface area (TPSA) is 71.3 Å². The number of hydrazine groups is 1. The monoisotopic (exact) mass is 322 g/mol. The molecule has 2 aromatic rings. The van der Waals surface area contributed by atoms with E-state index < -0.39 is 5.91 Å². The van der Waals surface area contributed by atoms with E-state index in [1.165, 1.54) is 36.2 Å². The first-order valence-electron chi connectivity index (χ1n) is 6.58. The highest BCUT2D eigenvalue weighted by molar-refractivity contribution is 7.99. The molecule has 7 heteroatoms. The van der Waals surface area contributed by atoms with Crippen LogP contribution in [0.15, 0.2) is 45.9 Å². The molecule has 0 saturated carbocycles. The van der Waals surface area contributed by atoms with E-state index in [1.807, 2.05) is 0 Å². The SMILES string of the molecule is Cc1occc1C(=O)NNC(=O)CCSc1ccc(F)cc1. The standard InChI is InChI=1S/C15H15FN2O3S/c1-10-13(6-8-21-10)15(20)18-17-14(19)7-9-22-12-4-2-11(16)3-5-12/h2-6,8H,7,9H2,1H3,(H,17,19)(H,18,20). The summed E-state index contributed by atoms with van der Waals surface area (Å²) in [4.78, 5) is 24.2. The number of furan rings is 1. The van der Waals surface area contributed by atoms with Gasteiger partial charge in [-0.2, -0.15) is 0 Å². The maximum absolute atomic E-state index is 12.7. The summed E-state index contributed by atoms with van der Waals surface area (Å²) in [5.41, 5.74) is 5.04. The lowest BCUT2D eigenvalue weighted by Gasteiger charge is -2.06. The van der Waals surface area contributed by atoms with Gasteiger partial charge in [-0.25, -0.2) is 4.39 Å². The second-order valence-corrected chi connectivity index (χ2v) is 5.61. The minimum Gasteiger partial charge on any atom is -0.469 e. The fourth-order valence-electron chi connectivity index (χ4n) is 1.67. The molecule has 0 atom stereocenters. The minimum atomic E-state index is -0.425. The summed E-state index contributed by atoms with van der Waals surface area (Å²) in [6.07, 6.45) is 1.64. The molecule has 0 aliphatic rings. The maximum Gasteiger partial charge on any atom is 0.273 e. The number of halogens is 1. The predicted molar refractivity (Wildman–Crippen MR) is 80.8 cm³/mol. The molecule has 0 aliphatic heterocycles. The second kappa shape index (κ2) is 7.65. The molecule has 0 radical (unpaired) electrons. The number of thioether (sulfide) groups is 1. The predicted octanol–water partition coefficient (Wildman–Crippen LogP) is 2.67. The molecule has 22 heavy (non-hydrogen) atoms. The number of carbonyl (C=O) groups is 2. The Bertz CT molecular complexity index is 655. The van der Waals surface area contributed by atoms with Crippen molar-refractivity contribution in [2.45, 2.75) is 18.2 Å². The van der Waals surface area contributed by atoms with Crippen molar-refractivity contribution in [2.75, 3.05) is 5.75 Å². The van der Waals surface area contributed by atoms with Gasteiger partial charge in [0.05, 0.1) is 11.8 Å². The highest BCUT2D eigenvalue weighted by Gasteiger charge is 2.12.